The number of ether oxygens (including phenoxy) is 1. The monoisotopic (exact) mass is 270 g/mol. The van der Waals surface area contributed by atoms with Crippen LogP contribution in [-0.2, 0) is 11.4 Å². The summed E-state index contributed by atoms with van der Waals surface area (Å²) in [4.78, 5) is 9.60. The van der Waals surface area contributed by atoms with Gasteiger partial charge in [-0.15, -0.1) is 0 Å². The van der Waals surface area contributed by atoms with Gasteiger partial charge in [-0.2, -0.15) is 0 Å². The molecular formula is C17H18O3. The van der Waals surface area contributed by atoms with E-state index in [9.17, 15) is 4.79 Å². The molecule has 0 aliphatic carbocycles. The highest BCUT2D eigenvalue weighted by molar-refractivity contribution is 5.84. The fraction of sp³-hybridized carbons (Fsp3) is 0.118. The van der Waals surface area contributed by atoms with Crippen molar-refractivity contribution in [2.75, 3.05) is 0 Å². The minimum atomic E-state index is -0.935. The van der Waals surface area contributed by atoms with Gasteiger partial charge < -0.3 is 9.84 Å². The summed E-state index contributed by atoms with van der Waals surface area (Å²) >= 11 is 0. The van der Waals surface area contributed by atoms with Crippen molar-refractivity contribution in [3.05, 3.63) is 78.4 Å². The third kappa shape index (κ3) is 6.40. The fourth-order valence-corrected chi connectivity index (χ4v) is 1.26. The van der Waals surface area contributed by atoms with E-state index < -0.39 is 5.97 Å². The van der Waals surface area contributed by atoms with Crippen molar-refractivity contribution in [2.24, 2.45) is 0 Å². The van der Waals surface area contributed by atoms with Crippen molar-refractivity contribution < 1.29 is 14.6 Å². The second-order valence-electron chi connectivity index (χ2n) is 4.17. The summed E-state index contributed by atoms with van der Waals surface area (Å²) in [5, 5.41) is 7.89. The van der Waals surface area contributed by atoms with Gasteiger partial charge in [0.25, 0.3) is 0 Å². The number of hydrogen-bond acceptors (Lipinski definition) is 2. The fourth-order valence-electron chi connectivity index (χ4n) is 1.26. The Hall–Kier alpha value is -2.55. The molecule has 20 heavy (non-hydrogen) atoms. The van der Waals surface area contributed by atoms with Crippen LogP contribution in [0.15, 0.2) is 72.8 Å². The smallest absolute Gasteiger partial charge is 0.330 e. The summed E-state index contributed by atoms with van der Waals surface area (Å²) in [6.07, 6.45) is 0. The Balaban J connectivity index is 0.000000286. The first-order valence-corrected chi connectivity index (χ1v) is 6.20. The molecule has 0 fully saturated rings. The summed E-state index contributed by atoms with van der Waals surface area (Å²) < 4.78 is 5.59. The third-order valence-electron chi connectivity index (χ3n) is 2.36. The Morgan fingerprint density at radius 1 is 1.05 bits per heavy atom. The number of rotatable bonds is 4. The van der Waals surface area contributed by atoms with E-state index >= 15 is 0 Å². The van der Waals surface area contributed by atoms with Crippen molar-refractivity contribution >= 4 is 5.97 Å². The molecule has 0 atom stereocenters. The maximum Gasteiger partial charge on any atom is 0.330 e. The molecule has 3 nitrogen and oxygen atoms in total. The van der Waals surface area contributed by atoms with Gasteiger partial charge in [0, 0.05) is 5.57 Å². The maximum absolute atomic E-state index is 9.60. The van der Waals surface area contributed by atoms with Crippen molar-refractivity contribution in [1.29, 1.82) is 0 Å². The van der Waals surface area contributed by atoms with Crippen LogP contribution >= 0.6 is 0 Å². The molecule has 0 bridgehead atoms. The van der Waals surface area contributed by atoms with Crippen molar-refractivity contribution in [3.8, 4) is 5.75 Å². The number of carbonyl (C=O) groups is 1. The highest BCUT2D eigenvalue weighted by atomic mass is 16.5. The predicted octanol–water partition coefficient (Wildman–Crippen LogP) is 3.91. The molecule has 0 aromatic heterocycles. The molecule has 0 amide bonds. The summed E-state index contributed by atoms with van der Waals surface area (Å²) in [5.41, 5.74) is 1.37. The second kappa shape index (κ2) is 8.53. The number of para-hydroxylation sites is 1. The second-order valence-corrected chi connectivity index (χ2v) is 4.17. The third-order valence-corrected chi connectivity index (χ3v) is 2.36. The average molecular weight is 270 g/mol. The molecule has 3 heteroatoms. The molecular weight excluding hydrogens is 252 g/mol. The Morgan fingerprint density at radius 3 is 1.95 bits per heavy atom. The summed E-state index contributed by atoms with van der Waals surface area (Å²) in [6, 6.07) is 20.0. The van der Waals surface area contributed by atoms with Crippen LogP contribution in [-0.4, -0.2) is 11.1 Å². The van der Waals surface area contributed by atoms with Crippen LogP contribution in [0.1, 0.15) is 12.5 Å². The SMILES string of the molecule is C=C(C)C(=O)O.c1ccc(COc2ccccc2)cc1. The Bertz CT molecular complexity index is 481. The van der Waals surface area contributed by atoms with E-state index in [1.807, 2.05) is 48.5 Å². The van der Waals surface area contributed by atoms with E-state index in [0.29, 0.717) is 6.61 Å². The van der Waals surface area contributed by atoms with Gasteiger partial charge in [-0.05, 0) is 24.6 Å². The predicted molar refractivity (Wildman–Crippen MR) is 79.7 cm³/mol. The Labute approximate surface area is 119 Å². The summed E-state index contributed by atoms with van der Waals surface area (Å²) in [5.74, 6) is -0.0219. The van der Waals surface area contributed by atoms with E-state index in [-0.39, 0.29) is 5.57 Å². The van der Waals surface area contributed by atoms with Crippen molar-refractivity contribution in [1.82, 2.24) is 0 Å². The van der Waals surface area contributed by atoms with Crippen LogP contribution in [0.4, 0.5) is 0 Å². The summed E-state index contributed by atoms with van der Waals surface area (Å²) in [6.45, 7) is 5.23. The van der Waals surface area contributed by atoms with Crippen LogP contribution in [0, 0.1) is 0 Å². The van der Waals surface area contributed by atoms with Gasteiger partial charge in [0.15, 0.2) is 0 Å². The molecule has 0 unspecified atom stereocenters. The van der Waals surface area contributed by atoms with E-state index in [1.54, 1.807) is 0 Å². The van der Waals surface area contributed by atoms with Gasteiger partial charge >= 0.3 is 5.97 Å². The highest BCUT2D eigenvalue weighted by Gasteiger charge is 1.92. The van der Waals surface area contributed by atoms with Gasteiger partial charge in [0.2, 0.25) is 0 Å². The van der Waals surface area contributed by atoms with Gasteiger partial charge in [-0.3, -0.25) is 0 Å². The minimum Gasteiger partial charge on any atom is -0.489 e. The van der Waals surface area contributed by atoms with Crippen molar-refractivity contribution in [2.45, 2.75) is 13.5 Å². The topological polar surface area (TPSA) is 46.5 Å². The molecule has 0 spiro atoms. The number of carboxylic acid groups (broad SMARTS) is 1. The molecule has 1 N–H and O–H groups in total. The van der Waals surface area contributed by atoms with Crippen LogP contribution in [0.25, 0.3) is 0 Å². The van der Waals surface area contributed by atoms with Gasteiger partial charge in [-0.25, -0.2) is 4.79 Å². The van der Waals surface area contributed by atoms with E-state index in [4.69, 9.17) is 9.84 Å². The van der Waals surface area contributed by atoms with Crippen molar-refractivity contribution in [3.63, 3.8) is 0 Å². The standard InChI is InChI=1S/C13H12O.C4H6O2/c1-3-7-12(8-4-1)11-14-13-9-5-2-6-10-13;1-3(2)4(5)6/h1-10H,11H2;1H2,2H3,(H,5,6). The van der Waals surface area contributed by atoms with E-state index in [1.165, 1.54) is 12.5 Å². The van der Waals surface area contributed by atoms with Gasteiger partial charge in [-0.1, -0.05) is 55.1 Å². The van der Waals surface area contributed by atoms with Crippen LogP contribution in [0.5, 0.6) is 5.75 Å². The quantitative estimate of drug-likeness (QED) is 0.857. The molecule has 0 aliphatic rings. The van der Waals surface area contributed by atoms with Gasteiger partial charge in [0.1, 0.15) is 12.4 Å². The maximum atomic E-state index is 9.60. The average Bonchev–Trinajstić information content (AvgIpc) is 2.48. The highest BCUT2D eigenvalue weighted by Crippen LogP contribution is 2.11. The largest absolute Gasteiger partial charge is 0.489 e. The minimum absolute atomic E-state index is 0.176. The number of aliphatic carboxylic acids is 1. The number of benzene rings is 2. The zero-order chi connectivity index (χ0) is 14.8. The van der Waals surface area contributed by atoms with E-state index in [2.05, 4.69) is 18.7 Å². The first kappa shape index (κ1) is 15.5. The zero-order valence-electron chi connectivity index (χ0n) is 11.5. The summed E-state index contributed by atoms with van der Waals surface area (Å²) in [7, 11) is 0. The Morgan fingerprint density at radius 2 is 1.50 bits per heavy atom. The lowest BCUT2D eigenvalue weighted by Crippen LogP contribution is -1.94. The molecule has 0 aliphatic heterocycles. The zero-order valence-corrected chi connectivity index (χ0v) is 11.5. The molecule has 0 saturated heterocycles. The molecule has 104 valence electrons. The van der Waals surface area contributed by atoms with Crippen LogP contribution in [0.3, 0.4) is 0 Å². The van der Waals surface area contributed by atoms with Crippen LogP contribution < -0.4 is 4.74 Å². The van der Waals surface area contributed by atoms with Gasteiger partial charge in [0.05, 0.1) is 0 Å². The molecule has 0 saturated carbocycles. The number of hydrogen-bond donors (Lipinski definition) is 1. The molecule has 0 heterocycles. The van der Waals surface area contributed by atoms with E-state index in [0.717, 1.165) is 5.75 Å². The normalized spacial score (nSPS) is 9.05. The Kier molecular flexibility index (Phi) is 6.62. The molecule has 2 rings (SSSR count). The molecule has 0 radical (unpaired) electrons. The lowest BCUT2D eigenvalue weighted by Gasteiger charge is -2.05. The molecule has 2 aromatic rings. The lowest BCUT2D eigenvalue weighted by molar-refractivity contribution is -0.132. The van der Waals surface area contributed by atoms with Crippen LogP contribution in [0.2, 0.25) is 0 Å². The first-order chi connectivity index (χ1) is 9.59. The lowest BCUT2D eigenvalue weighted by atomic mass is 10.2. The number of carboxylic acids is 1. The first-order valence-electron chi connectivity index (χ1n) is 6.20. The molecule has 2 aromatic carbocycles.